The molecule has 4 rings (SSSR count). The maximum Gasteiger partial charge on any atom is 0.339 e. The maximum atomic E-state index is 12.9. The van der Waals surface area contributed by atoms with Gasteiger partial charge in [0.05, 0.1) is 5.56 Å². The van der Waals surface area contributed by atoms with E-state index in [1.165, 1.54) is 0 Å². The van der Waals surface area contributed by atoms with Gasteiger partial charge in [0, 0.05) is 16.1 Å². The molecule has 0 bridgehead atoms. The van der Waals surface area contributed by atoms with Crippen molar-refractivity contribution in [3.63, 3.8) is 0 Å². The Morgan fingerprint density at radius 1 is 0.688 bits per heavy atom. The van der Waals surface area contributed by atoms with E-state index in [1.54, 1.807) is 48.5 Å². The minimum atomic E-state index is -0.572. The van der Waals surface area contributed by atoms with Gasteiger partial charge in [0.2, 0.25) is 0 Å². The van der Waals surface area contributed by atoms with E-state index < -0.39 is 5.97 Å². The molecule has 0 amide bonds. The van der Waals surface area contributed by atoms with E-state index in [0.717, 1.165) is 11.3 Å². The Balaban J connectivity index is 1.47. The molecule has 0 aliphatic rings. The lowest BCUT2D eigenvalue weighted by Gasteiger charge is -2.11. The first-order valence-corrected chi connectivity index (χ1v) is 10.4. The van der Waals surface area contributed by atoms with Gasteiger partial charge in [-0.2, -0.15) is 0 Å². The molecule has 0 aliphatic carbocycles. The molecule has 0 fully saturated rings. The Hall–Kier alpha value is -3.89. The summed E-state index contributed by atoms with van der Waals surface area (Å²) in [4.78, 5) is 25.7. The lowest BCUT2D eigenvalue weighted by molar-refractivity contribution is 0.0470. The highest BCUT2D eigenvalue weighted by molar-refractivity contribution is 6.30. The van der Waals surface area contributed by atoms with Gasteiger partial charge < -0.3 is 9.47 Å². The summed E-state index contributed by atoms with van der Waals surface area (Å²) >= 11 is 5.91. The first-order valence-electron chi connectivity index (χ1n) is 9.98. The van der Waals surface area contributed by atoms with Crippen molar-refractivity contribution in [3.8, 4) is 11.5 Å². The van der Waals surface area contributed by atoms with Crippen LogP contribution in [-0.2, 0) is 11.3 Å². The van der Waals surface area contributed by atoms with Crippen molar-refractivity contribution in [1.29, 1.82) is 0 Å². The molecule has 0 radical (unpaired) electrons. The SMILES string of the molecule is O=C(OCc1cccc(Oc2ccccc2)c1)c1ccccc1C(=O)c1ccc(Cl)cc1. The van der Waals surface area contributed by atoms with Gasteiger partial charge in [-0.25, -0.2) is 4.79 Å². The summed E-state index contributed by atoms with van der Waals surface area (Å²) in [6.45, 7) is 0.0499. The second-order valence-electron chi connectivity index (χ2n) is 7.02. The van der Waals surface area contributed by atoms with E-state index in [1.807, 2.05) is 54.6 Å². The van der Waals surface area contributed by atoms with E-state index in [-0.39, 0.29) is 23.5 Å². The van der Waals surface area contributed by atoms with Gasteiger partial charge >= 0.3 is 5.97 Å². The maximum absolute atomic E-state index is 12.9. The summed E-state index contributed by atoms with van der Waals surface area (Å²) in [7, 11) is 0. The van der Waals surface area contributed by atoms with Crippen molar-refractivity contribution in [2.45, 2.75) is 6.61 Å². The van der Waals surface area contributed by atoms with Gasteiger partial charge in [-0.3, -0.25) is 4.79 Å². The molecule has 0 aliphatic heterocycles. The summed E-state index contributed by atoms with van der Waals surface area (Å²) in [6, 6.07) is 29.9. The van der Waals surface area contributed by atoms with E-state index in [4.69, 9.17) is 21.1 Å². The predicted molar refractivity (Wildman–Crippen MR) is 123 cm³/mol. The van der Waals surface area contributed by atoms with Crippen molar-refractivity contribution in [2.75, 3.05) is 0 Å². The summed E-state index contributed by atoms with van der Waals surface area (Å²) in [6.07, 6.45) is 0. The number of hydrogen-bond donors (Lipinski definition) is 0. The van der Waals surface area contributed by atoms with E-state index in [9.17, 15) is 9.59 Å². The van der Waals surface area contributed by atoms with Crippen LogP contribution in [0.1, 0.15) is 31.8 Å². The summed E-state index contributed by atoms with van der Waals surface area (Å²) < 4.78 is 11.3. The molecule has 0 aromatic heterocycles. The molecular weight excluding hydrogens is 424 g/mol. The topological polar surface area (TPSA) is 52.6 Å². The highest BCUT2D eigenvalue weighted by Crippen LogP contribution is 2.23. The summed E-state index contributed by atoms with van der Waals surface area (Å²) in [5, 5.41) is 0.535. The Kier molecular flexibility index (Phi) is 6.63. The summed E-state index contributed by atoms with van der Waals surface area (Å²) in [5.41, 5.74) is 1.71. The van der Waals surface area contributed by atoms with Crippen molar-refractivity contribution in [2.24, 2.45) is 0 Å². The molecule has 4 nitrogen and oxygen atoms in total. The quantitative estimate of drug-likeness (QED) is 0.235. The van der Waals surface area contributed by atoms with Gasteiger partial charge in [-0.15, -0.1) is 0 Å². The average Bonchev–Trinajstić information content (AvgIpc) is 2.83. The highest BCUT2D eigenvalue weighted by Gasteiger charge is 2.19. The molecule has 0 heterocycles. The number of hydrogen-bond acceptors (Lipinski definition) is 4. The van der Waals surface area contributed by atoms with Crippen LogP contribution in [0.25, 0.3) is 0 Å². The van der Waals surface area contributed by atoms with Gasteiger partial charge in [0.1, 0.15) is 18.1 Å². The number of benzene rings is 4. The predicted octanol–water partition coefficient (Wildman–Crippen LogP) is 6.72. The lowest BCUT2D eigenvalue weighted by Crippen LogP contribution is -2.12. The lowest BCUT2D eigenvalue weighted by atomic mass is 9.98. The first kappa shape index (κ1) is 21.3. The summed E-state index contributed by atoms with van der Waals surface area (Å²) in [5.74, 6) is 0.518. The minimum Gasteiger partial charge on any atom is -0.457 e. The van der Waals surface area contributed by atoms with Crippen LogP contribution in [0.3, 0.4) is 0 Å². The molecule has 5 heteroatoms. The Labute approximate surface area is 191 Å². The molecule has 4 aromatic carbocycles. The van der Waals surface area contributed by atoms with Crippen LogP contribution in [0.5, 0.6) is 11.5 Å². The number of ether oxygens (including phenoxy) is 2. The Morgan fingerprint density at radius 3 is 2.09 bits per heavy atom. The van der Waals surface area contributed by atoms with Crippen LogP contribution in [-0.4, -0.2) is 11.8 Å². The van der Waals surface area contributed by atoms with Gasteiger partial charge in [-0.05, 0) is 60.2 Å². The smallest absolute Gasteiger partial charge is 0.339 e. The van der Waals surface area contributed by atoms with Crippen molar-refractivity contribution < 1.29 is 19.1 Å². The third kappa shape index (κ3) is 5.23. The molecule has 0 unspecified atom stereocenters. The molecule has 0 saturated heterocycles. The second-order valence-corrected chi connectivity index (χ2v) is 7.46. The molecular formula is C27H19ClO4. The second kappa shape index (κ2) is 9.94. The highest BCUT2D eigenvalue weighted by atomic mass is 35.5. The Morgan fingerprint density at radius 2 is 1.34 bits per heavy atom. The molecule has 158 valence electrons. The van der Waals surface area contributed by atoms with Crippen LogP contribution < -0.4 is 4.74 Å². The fourth-order valence-corrected chi connectivity index (χ4v) is 3.29. The third-order valence-electron chi connectivity index (χ3n) is 4.75. The molecule has 4 aromatic rings. The van der Waals surface area contributed by atoms with Gasteiger partial charge in [0.25, 0.3) is 0 Å². The van der Waals surface area contributed by atoms with Crippen molar-refractivity contribution >= 4 is 23.4 Å². The van der Waals surface area contributed by atoms with Crippen LogP contribution in [0.2, 0.25) is 5.02 Å². The fraction of sp³-hybridized carbons (Fsp3) is 0.0370. The standard InChI is InChI=1S/C27H19ClO4/c28-21-15-13-20(14-16-21)26(29)24-11-4-5-12-25(24)27(30)31-18-19-7-6-10-23(17-19)32-22-8-2-1-3-9-22/h1-17H,18H2. The van der Waals surface area contributed by atoms with E-state index >= 15 is 0 Å². The van der Waals surface area contributed by atoms with Gasteiger partial charge in [0.15, 0.2) is 5.78 Å². The van der Waals surface area contributed by atoms with Crippen LogP contribution in [0.15, 0.2) is 103 Å². The van der Waals surface area contributed by atoms with Crippen LogP contribution >= 0.6 is 11.6 Å². The average molecular weight is 443 g/mol. The molecule has 0 saturated carbocycles. The van der Waals surface area contributed by atoms with E-state index in [0.29, 0.717) is 16.3 Å². The fourth-order valence-electron chi connectivity index (χ4n) is 3.17. The third-order valence-corrected chi connectivity index (χ3v) is 5.00. The normalized spacial score (nSPS) is 10.4. The molecule has 0 atom stereocenters. The molecule has 32 heavy (non-hydrogen) atoms. The molecule has 0 N–H and O–H groups in total. The number of rotatable bonds is 7. The zero-order valence-corrected chi connectivity index (χ0v) is 17.8. The Bertz CT molecular complexity index is 1230. The zero-order valence-electron chi connectivity index (χ0n) is 17.0. The minimum absolute atomic E-state index is 0.0499. The van der Waals surface area contributed by atoms with Crippen molar-refractivity contribution in [1.82, 2.24) is 0 Å². The number of halogens is 1. The number of carbonyl (C=O) groups is 2. The zero-order chi connectivity index (χ0) is 22.3. The number of carbonyl (C=O) groups excluding carboxylic acids is 2. The van der Waals surface area contributed by atoms with E-state index in [2.05, 4.69) is 0 Å². The monoisotopic (exact) mass is 442 g/mol. The molecule has 0 spiro atoms. The first-order chi connectivity index (χ1) is 15.6. The number of para-hydroxylation sites is 1. The van der Waals surface area contributed by atoms with Crippen LogP contribution in [0, 0.1) is 0 Å². The van der Waals surface area contributed by atoms with Crippen LogP contribution in [0.4, 0.5) is 0 Å². The van der Waals surface area contributed by atoms with Gasteiger partial charge in [-0.1, -0.05) is 60.1 Å². The largest absolute Gasteiger partial charge is 0.457 e. The number of ketones is 1. The van der Waals surface area contributed by atoms with Crippen molar-refractivity contribution in [3.05, 3.63) is 130 Å². The number of esters is 1.